The molecule has 0 spiro atoms. The summed E-state index contributed by atoms with van der Waals surface area (Å²) in [7, 11) is -8.05. The SMILES string of the molecule is Cc1cc(C)cc(N(CCCS(=O)(=O)O)CCCS(=O)(=O)O)c1.[NaH]. The Morgan fingerprint density at radius 2 is 1.21 bits per heavy atom. The fourth-order valence-corrected chi connectivity index (χ4v) is 3.37. The Kier molecular flexibility index (Phi) is 10.0. The molecule has 1 aromatic rings. The van der Waals surface area contributed by atoms with E-state index in [2.05, 4.69) is 0 Å². The van der Waals surface area contributed by atoms with Gasteiger partial charge < -0.3 is 4.90 Å². The van der Waals surface area contributed by atoms with Crippen molar-refractivity contribution in [3.05, 3.63) is 29.3 Å². The fraction of sp³-hybridized carbons (Fsp3) is 0.571. The van der Waals surface area contributed by atoms with Gasteiger partial charge in [-0.2, -0.15) is 16.8 Å². The van der Waals surface area contributed by atoms with Crippen LogP contribution in [0.15, 0.2) is 18.2 Å². The molecular weight excluding hydrogens is 365 g/mol. The number of aryl methyl sites for hydroxylation is 2. The van der Waals surface area contributed by atoms with Gasteiger partial charge in [0.2, 0.25) is 0 Å². The molecule has 0 saturated heterocycles. The van der Waals surface area contributed by atoms with Crippen molar-refractivity contribution < 1.29 is 25.9 Å². The van der Waals surface area contributed by atoms with Crippen LogP contribution in [0, 0.1) is 13.8 Å². The summed E-state index contributed by atoms with van der Waals surface area (Å²) in [5.74, 6) is -0.709. The Bertz CT molecular complexity index is 675. The molecule has 2 N–H and O–H groups in total. The van der Waals surface area contributed by atoms with Crippen molar-refractivity contribution in [2.75, 3.05) is 29.5 Å². The molecule has 0 aliphatic heterocycles. The third-order valence-corrected chi connectivity index (χ3v) is 4.84. The van der Waals surface area contributed by atoms with E-state index in [1.165, 1.54) is 0 Å². The minimum atomic E-state index is -4.02. The fourth-order valence-electron chi connectivity index (χ4n) is 2.38. The summed E-state index contributed by atoms with van der Waals surface area (Å²) in [6, 6.07) is 5.85. The first-order valence-corrected chi connectivity index (χ1v) is 10.4. The molecule has 0 heterocycles. The van der Waals surface area contributed by atoms with Gasteiger partial charge in [0, 0.05) is 18.8 Å². The van der Waals surface area contributed by atoms with Crippen molar-refractivity contribution in [2.45, 2.75) is 26.7 Å². The van der Waals surface area contributed by atoms with Gasteiger partial charge in [0.15, 0.2) is 0 Å². The molecule has 24 heavy (non-hydrogen) atoms. The molecule has 134 valence electrons. The summed E-state index contributed by atoms with van der Waals surface area (Å²) >= 11 is 0. The van der Waals surface area contributed by atoms with Gasteiger partial charge in [-0.1, -0.05) is 6.07 Å². The first kappa shape index (κ1) is 23.8. The van der Waals surface area contributed by atoms with Crippen molar-refractivity contribution in [3.8, 4) is 0 Å². The summed E-state index contributed by atoms with van der Waals surface area (Å²) in [5.41, 5.74) is 2.93. The van der Waals surface area contributed by atoms with E-state index in [1.54, 1.807) is 0 Å². The standard InChI is InChI=1S/C14H23NO6S2.Na.H/c1-12-9-13(2)11-14(10-12)15(5-3-7-22(16,17)18)6-4-8-23(19,20)21;;/h9-11H,3-8H2,1-2H3,(H,16,17,18)(H,19,20,21);;. The average Bonchev–Trinajstić information content (AvgIpc) is 2.32. The quantitative estimate of drug-likeness (QED) is 0.479. The van der Waals surface area contributed by atoms with Gasteiger partial charge in [-0.15, -0.1) is 0 Å². The molecule has 0 atom stereocenters. The monoisotopic (exact) mass is 389 g/mol. The van der Waals surface area contributed by atoms with Crippen LogP contribution in [0.5, 0.6) is 0 Å². The van der Waals surface area contributed by atoms with E-state index < -0.39 is 20.2 Å². The summed E-state index contributed by atoms with van der Waals surface area (Å²) in [4.78, 5) is 1.86. The van der Waals surface area contributed by atoms with Crippen LogP contribution in [0.25, 0.3) is 0 Å². The van der Waals surface area contributed by atoms with Crippen LogP contribution in [0.3, 0.4) is 0 Å². The molecule has 10 heteroatoms. The van der Waals surface area contributed by atoms with Crippen LogP contribution < -0.4 is 4.90 Å². The van der Waals surface area contributed by atoms with E-state index in [1.807, 2.05) is 36.9 Å². The van der Waals surface area contributed by atoms with Gasteiger partial charge in [-0.25, -0.2) is 0 Å². The number of benzene rings is 1. The topological polar surface area (TPSA) is 112 Å². The number of hydrogen-bond donors (Lipinski definition) is 2. The molecule has 0 fully saturated rings. The summed E-state index contributed by atoms with van der Waals surface area (Å²) in [5, 5.41) is 0. The number of rotatable bonds is 9. The van der Waals surface area contributed by atoms with Gasteiger partial charge in [0.25, 0.3) is 20.2 Å². The summed E-state index contributed by atoms with van der Waals surface area (Å²) in [6.45, 7) is 4.58. The van der Waals surface area contributed by atoms with Crippen molar-refractivity contribution in [2.24, 2.45) is 0 Å². The molecule has 1 aromatic carbocycles. The number of nitrogens with zero attached hydrogens (tertiary/aromatic N) is 1. The number of anilines is 1. The predicted octanol–water partition coefficient (Wildman–Crippen LogP) is 1.02. The Labute approximate surface area is 166 Å². The van der Waals surface area contributed by atoms with Gasteiger partial charge in [-0.3, -0.25) is 9.11 Å². The van der Waals surface area contributed by atoms with E-state index >= 15 is 0 Å². The Morgan fingerprint density at radius 3 is 1.54 bits per heavy atom. The zero-order valence-corrected chi connectivity index (χ0v) is 14.9. The van der Waals surface area contributed by atoms with Gasteiger partial charge in [-0.05, 0) is 49.9 Å². The third-order valence-electron chi connectivity index (χ3n) is 3.23. The van der Waals surface area contributed by atoms with Crippen LogP contribution in [-0.4, -0.2) is 80.1 Å². The van der Waals surface area contributed by atoms with Gasteiger partial charge in [0.1, 0.15) is 0 Å². The molecule has 0 bridgehead atoms. The molecule has 7 nitrogen and oxygen atoms in total. The molecule has 0 saturated carbocycles. The molecule has 0 unspecified atom stereocenters. The van der Waals surface area contributed by atoms with E-state index in [0.717, 1.165) is 16.8 Å². The summed E-state index contributed by atoms with van der Waals surface area (Å²) in [6.07, 6.45) is 0.440. The second-order valence-corrected chi connectivity index (χ2v) is 8.76. The van der Waals surface area contributed by atoms with Gasteiger partial charge >= 0.3 is 29.6 Å². The molecular formula is C14H24NNaO6S2. The van der Waals surface area contributed by atoms with Crippen molar-refractivity contribution in [1.82, 2.24) is 0 Å². The van der Waals surface area contributed by atoms with Crippen LogP contribution in [0.1, 0.15) is 24.0 Å². The van der Waals surface area contributed by atoms with Crippen LogP contribution >= 0.6 is 0 Å². The van der Waals surface area contributed by atoms with Crippen molar-refractivity contribution in [1.29, 1.82) is 0 Å². The zero-order chi connectivity index (χ0) is 17.7. The zero-order valence-electron chi connectivity index (χ0n) is 13.3. The molecule has 0 radical (unpaired) electrons. The van der Waals surface area contributed by atoms with Crippen LogP contribution in [-0.2, 0) is 20.2 Å². The number of hydrogen-bond acceptors (Lipinski definition) is 5. The third kappa shape index (κ3) is 10.7. The average molecular weight is 389 g/mol. The maximum absolute atomic E-state index is 10.8. The normalized spacial score (nSPS) is 11.8. The van der Waals surface area contributed by atoms with Crippen molar-refractivity contribution in [3.63, 3.8) is 0 Å². The molecule has 0 aliphatic rings. The second kappa shape index (κ2) is 10.1. The van der Waals surface area contributed by atoms with E-state index in [-0.39, 0.29) is 53.9 Å². The molecule has 0 aliphatic carbocycles. The maximum atomic E-state index is 10.8. The van der Waals surface area contributed by atoms with Crippen molar-refractivity contribution >= 4 is 55.5 Å². The molecule has 0 amide bonds. The van der Waals surface area contributed by atoms with Crippen LogP contribution in [0.4, 0.5) is 5.69 Å². The Balaban J connectivity index is 0.00000529. The van der Waals surface area contributed by atoms with E-state index in [0.29, 0.717) is 13.1 Å². The Hall–Kier alpha value is -0.160. The predicted molar refractivity (Wildman–Crippen MR) is 97.3 cm³/mol. The first-order chi connectivity index (χ1) is 10.5. The van der Waals surface area contributed by atoms with Gasteiger partial charge in [0.05, 0.1) is 11.5 Å². The van der Waals surface area contributed by atoms with E-state index in [4.69, 9.17) is 9.11 Å². The Morgan fingerprint density at radius 1 is 0.833 bits per heavy atom. The van der Waals surface area contributed by atoms with E-state index in [9.17, 15) is 16.8 Å². The van der Waals surface area contributed by atoms with Crippen LogP contribution in [0.2, 0.25) is 0 Å². The molecule has 1 rings (SSSR count). The minimum absolute atomic E-state index is 0. The second-order valence-electron chi connectivity index (χ2n) is 5.61. The first-order valence-electron chi connectivity index (χ1n) is 7.20. The molecule has 0 aromatic heterocycles. The summed E-state index contributed by atoms with van der Waals surface area (Å²) < 4.78 is 60.9.